The number of aromatic amines is 1. The van der Waals surface area contributed by atoms with Crippen LogP contribution in [0.25, 0.3) is 11.4 Å². The molecule has 0 bridgehead atoms. The number of hydrogen-bond donors (Lipinski definition) is 3. The standard InChI is InChI=1S/C16H20N6O2/c17-15(24)16(9-5-1-2-6-10-16)18-14(23)12-8-4-3-7-11(12)13-19-21-22-20-13/h3-4,7-8H,1-2,5-6,9-10H2,(H2,17,24)(H,18,23)(H,19,20,21,22). The van der Waals surface area contributed by atoms with Crippen molar-refractivity contribution in [3.63, 3.8) is 0 Å². The van der Waals surface area contributed by atoms with Crippen LogP contribution in [0.15, 0.2) is 24.3 Å². The zero-order valence-electron chi connectivity index (χ0n) is 13.3. The Kier molecular flexibility index (Phi) is 4.54. The van der Waals surface area contributed by atoms with Crippen LogP contribution in [0.4, 0.5) is 0 Å². The highest BCUT2D eigenvalue weighted by molar-refractivity contribution is 6.03. The van der Waals surface area contributed by atoms with Crippen LogP contribution in [-0.4, -0.2) is 38.0 Å². The summed E-state index contributed by atoms with van der Waals surface area (Å²) in [5.41, 5.74) is 5.59. The Morgan fingerprint density at radius 2 is 1.83 bits per heavy atom. The molecule has 8 nitrogen and oxygen atoms in total. The number of tetrazole rings is 1. The highest BCUT2D eigenvalue weighted by Gasteiger charge is 2.38. The fourth-order valence-electron chi connectivity index (χ4n) is 3.20. The van der Waals surface area contributed by atoms with Gasteiger partial charge in [-0.1, -0.05) is 43.9 Å². The van der Waals surface area contributed by atoms with Gasteiger partial charge in [-0.05, 0) is 24.1 Å². The first kappa shape index (κ1) is 16.1. The Hall–Kier alpha value is -2.77. The van der Waals surface area contributed by atoms with Gasteiger partial charge in [0.2, 0.25) is 11.7 Å². The largest absolute Gasteiger partial charge is 0.368 e. The van der Waals surface area contributed by atoms with Gasteiger partial charge in [0.05, 0.1) is 5.56 Å². The minimum Gasteiger partial charge on any atom is -0.368 e. The number of aromatic nitrogens is 4. The second-order valence-corrected chi connectivity index (χ2v) is 6.10. The molecule has 0 unspecified atom stereocenters. The summed E-state index contributed by atoms with van der Waals surface area (Å²) in [6, 6.07) is 6.96. The Bertz CT molecular complexity index is 720. The third-order valence-corrected chi connectivity index (χ3v) is 4.54. The summed E-state index contributed by atoms with van der Waals surface area (Å²) in [5.74, 6) is -0.499. The maximum atomic E-state index is 12.8. The molecule has 24 heavy (non-hydrogen) atoms. The number of benzene rings is 1. The first-order chi connectivity index (χ1) is 11.6. The molecule has 8 heteroatoms. The van der Waals surface area contributed by atoms with Gasteiger partial charge >= 0.3 is 0 Å². The number of carbonyl (C=O) groups excluding carboxylic acids is 2. The molecule has 1 aliphatic rings. The lowest BCUT2D eigenvalue weighted by atomic mass is 9.88. The first-order valence-electron chi connectivity index (χ1n) is 8.08. The summed E-state index contributed by atoms with van der Waals surface area (Å²) < 4.78 is 0. The van der Waals surface area contributed by atoms with Gasteiger partial charge in [0.1, 0.15) is 5.54 Å². The van der Waals surface area contributed by atoms with E-state index in [-0.39, 0.29) is 5.91 Å². The van der Waals surface area contributed by atoms with Crippen LogP contribution in [-0.2, 0) is 4.79 Å². The van der Waals surface area contributed by atoms with E-state index in [0.29, 0.717) is 29.8 Å². The summed E-state index contributed by atoms with van der Waals surface area (Å²) >= 11 is 0. The lowest BCUT2D eigenvalue weighted by Gasteiger charge is -2.30. The molecule has 126 valence electrons. The molecule has 3 rings (SSSR count). The van der Waals surface area contributed by atoms with Crippen LogP contribution in [0.1, 0.15) is 48.9 Å². The molecule has 1 aromatic heterocycles. The molecule has 1 saturated carbocycles. The van der Waals surface area contributed by atoms with Gasteiger partial charge in [-0.3, -0.25) is 9.59 Å². The highest BCUT2D eigenvalue weighted by Crippen LogP contribution is 2.28. The number of amides is 2. The van der Waals surface area contributed by atoms with Crippen LogP contribution >= 0.6 is 0 Å². The Labute approximate surface area is 139 Å². The van der Waals surface area contributed by atoms with Crippen molar-refractivity contribution in [3.05, 3.63) is 29.8 Å². The summed E-state index contributed by atoms with van der Waals surface area (Å²) in [7, 11) is 0. The maximum absolute atomic E-state index is 12.8. The van der Waals surface area contributed by atoms with Crippen molar-refractivity contribution in [2.45, 2.75) is 44.1 Å². The van der Waals surface area contributed by atoms with Crippen molar-refractivity contribution in [1.82, 2.24) is 25.9 Å². The zero-order valence-corrected chi connectivity index (χ0v) is 13.3. The van der Waals surface area contributed by atoms with E-state index in [1.807, 2.05) is 0 Å². The molecule has 0 radical (unpaired) electrons. The SMILES string of the molecule is NC(=O)C1(NC(=O)c2ccccc2-c2nn[nH]n2)CCCCCC1. The summed E-state index contributed by atoms with van der Waals surface area (Å²) in [6.45, 7) is 0. The first-order valence-corrected chi connectivity index (χ1v) is 8.08. The molecule has 1 heterocycles. The van der Waals surface area contributed by atoms with E-state index in [1.165, 1.54) is 0 Å². The minimum atomic E-state index is -0.988. The molecule has 0 atom stereocenters. The number of nitrogens with one attached hydrogen (secondary N) is 2. The average molecular weight is 328 g/mol. The molecule has 0 saturated heterocycles. The number of carbonyl (C=O) groups is 2. The Balaban J connectivity index is 1.90. The fraction of sp³-hybridized carbons (Fsp3) is 0.438. The van der Waals surface area contributed by atoms with Gasteiger partial charge in [-0.2, -0.15) is 5.21 Å². The zero-order chi connectivity index (χ0) is 17.0. The summed E-state index contributed by atoms with van der Waals surface area (Å²) in [4.78, 5) is 24.9. The lowest BCUT2D eigenvalue weighted by molar-refractivity contribution is -0.124. The van der Waals surface area contributed by atoms with Gasteiger partial charge < -0.3 is 11.1 Å². The number of primary amides is 1. The smallest absolute Gasteiger partial charge is 0.252 e. The molecule has 0 aliphatic heterocycles. The predicted molar refractivity (Wildman–Crippen MR) is 86.7 cm³/mol. The predicted octanol–water partition coefficient (Wildman–Crippen LogP) is 1.17. The molecule has 4 N–H and O–H groups in total. The van der Waals surface area contributed by atoms with Crippen LogP contribution < -0.4 is 11.1 Å². The Morgan fingerprint density at radius 3 is 2.46 bits per heavy atom. The third kappa shape index (κ3) is 3.12. The fourth-order valence-corrected chi connectivity index (χ4v) is 3.20. The molecule has 1 aliphatic carbocycles. The second-order valence-electron chi connectivity index (χ2n) is 6.10. The van der Waals surface area contributed by atoms with Gasteiger partial charge in [-0.25, -0.2) is 0 Å². The van der Waals surface area contributed by atoms with Crippen molar-refractivity contribution in [1.29, 1.82) is 0 Å². The number of nitrogens with two attached hydrogens (primary N) is 1. The van der Waals surface area contributed by atoms with Crippen LogP contribution in [0.3, 0.4) is 0 Å². The second kappa shape index (κ2) is 6.77. The van der Waals surface area contributed by atoms with E-state index in [4.69, 9.17) is 5.73 Å². The van der Waals surface area contributed by atoms with Gasteiger partial charge in [0, 0.05) is 5.56 Å². The van der Waals surface area contributed by atoms with Gasteiger partial charge in [-0.15, -0.1) is 10.2 Å². The van der Waals surface area contributed by atoms with Crippen molar-refractivity contribution < 1.29 is 9.59 Å². The molecule has 0 spiro atoms. The minimum absolute atomic E-state index is 0.328. The molecular formula is C16H20N6O2. The van der Waals surface area contributed by atoms with Gasteiger partial charge in [0.25, 0.3) is 5.91 Å². The topological polar surface area (TPSA) is 127 Å². The van der Waals surface area contributed by atoms with Gasteiger partial charge in [0.15, 0.2) is 0 Å². The average Bonchev–Trinajstić information content (AvgIpc) is 3.01. The van der Waals surface area contributed by atoms with Crippen LogP contribution in [0.2, 0.25) is 0 Å². The van der Waals surface area contributed by atoms with Crippen LogP contribution in [0.5, 0.6) is 0 Å². The van der Waals surface area contributed by atoms with E-state index in [0.717, 1.165) is 25.7 Å². The summed E-state index contributed by atoms with van der Waals surface area (Å²) in [5, 5.41) is 16.6. The number of rotatable bonds is 4. The van der Waals surface area contributed by atoms with E-state index in [1.54, 1.807) is 24.3 Å². The molecule has 2 amide bonds. The maximum Gasteiger partial charge on any atom is 0.252 e. The van der Waals surface area contributed by atoms with E-state index in [9.17, 15) is 9.59 Å². The van der Waals surface area contributed by atoms with E-state index in [2.05, 4.69) is 25.9 Å². The van der Waals surface area contributed by atoms with Crippen molar-refractivity contribution in [2.24, 2.45) is 5.73 Å². The van der Waals surface area contributed by atoms with Crippen LogP contribution in [0, 0.1) is 0 Å². The molecule has 2 aromatic rings. The van der Waals surface area contributed by atoms with E-state index >= 15 is 0 Å². The summed E-state index contributed by atoms with van der Waals surface area (Å²) in [6.07, 6.45) is 4.97. The number of hydrogen-bond acceptors (Lipinski definition) is 5. The molecule has 1 aromatic carbocycles. The normalized spacial score (nSPS) is 17.0. The quantitative estimate of drug-likeness (QED) is 0.726. The molecule has 1 fully saturated rings. The highest BCUT2D eigenvalue weighted by atomic mass is 16.2. The van der Waals surface area contributed by atoms with Crippen molar-refractivity contribution >= 4 is 11.8 Å². The van der Waals surface area contributed by atoms with Crippen molar-refractivity contribution in [2.75, 3.05) is 0 Å². The monoisotopic (exact) mass is 328 g/mol. The third-order valence-electron chi connectivity index (χ3n) is 4.54. The van der Waals surface area contributed by atoms with E-state index < -0.39 is 11.4 Å². The Morgan fingerprint density at radius 1 is 1.12 bits per heavy atom. The van der Waals surface area contributed by atoms with Crippen molar-refractivity contribution in [3.8, 4) is 11.4 Å². The molecular weight excluding hydrogens is 308 g/mol. The lowest BCUT2D eigenvalue weighted by Crippen LogP contribution is -2.57. The number of H-pyrrole nitrogens is 1. The number of nitrogens with zero attached hydrogens (tertiary/aromatic N) is 3.